The Bertz CT molecular complexity index is 421. The fraction of sp³-hybridized carbons (Fsp3) is 0.0833. The summed E-state index contributed by atoms with van der Waals surface area (Å²) < 4.78 is 5.62. The molecule has 1 aromatic rings. The molecule has 3 heteroatoms. The van der Waals surface area contributed by atoms with Crippen LogP contribution >= 0.6 is 0 Å². The maximum absolute atomic E-state index is 9.54. The minimum absolute atomic E-state index is 0.0418. The summed E-state index contributed by atoms with van der Waals surface area (Å²) in [6.07, 6.45) is 6.45. The van der Waals surface area contributed by atoms with Gasteiger partial charge in [-0.05, 0) is 0 Å². The van der Waals surface area contributed by atoms with Gasteiger partial charge in [-0.1, -0.05) is 0 Å². The van der Waals surface area contributed by atoms with Crippen LogP contribution in [0.1, 0.15) is 6.42 Å². The van der Waals surface area contributed by atoms with E-state index in [-0.39, 0.29) is 15.2 Å². The molecule has 1 aliphatic rings. The monoisotopic (exact) mass is 265 g/mol. The Hall–Kier alpha value is -1.31. The fourth-order valence-electron chi connectivity index (χ4n) is 1.21. The average molecular weight is 264 g/mol. The zero-order chi connectivity index (χ0) is 10.5. The van der Waals surface area contributed by atoms with Crippen molar-refractivity contribution >= 4 is 25.3 Å². The molecule has 76 valence electrons. The standard InChI is InChI=1S/C12H11NOSe/c14-12-9-5-4-8-11(12)13-15-10-6-2-1-3-7-10/h1-4,6-9,14H,5H2/b13-11+. The molecule has 0 unspecified atom stereocenters. The van der Waals surface area contributed by atoms with Gasteiger partial charge in [-0.3, -0.25) is 0 Å². The van der Waals surface area contributed by atoms with Crippen molar-refractivity contribution in [3.8, 4) is 0 Å². The van der Waals surface area contributed by atoms with Crippen LogP contribution in [0.3, 0.4) is 0 Å². The van der Waals surface area contributed by atoms with Crippen molar-refractivity contribution in [3.05, 3.63) is 54.3 Å². The number of hydrogen-bond donors (Lipinski definition) is 1. The van der Waals surface area contributed by atoms with E-state index in [2.05, 4.69) is 16.1 Å². The first-order valence-corrected chi connectivity index (χ1v) is 6.34. The second kappa shape index (κ2) is 4.96. The molecular formula is C12H11NOSe. The molecule has 15 heavy (non-hydrogen) atoms. The van der Waals surface area contributed by atoms with Crippen LogP contribution in [-0.4, -0.2) is 26.0 Å². The normalized spacial score (nSPS) is 17.9. The molecule has 0 aromatic heterocycles. The third-order valence-electron chi connectivity index (χ3n) is 1.98. The molecule has 0 spiro atoms. The van der Waals surface area contributed by atoms with Gasteiger partial charge in [-0.2, -0.15) is 0 Å². The molecule has 1 aliphatic carbocycles. The van der Waals surface area contributed by atoms with Crippen LogP contribution in [0, 0.1) is 0 Å². The van der Waals surface area contributed by atoms with Crippen molar-refractivity contribution in [2.24, 2.45) is 4.01 Å². The van der Waals surface area contributed by atoms with E-state index < -0.39 is 0 Å². The molecule has 0 saturated heterocycles. The molecule has 0 saturated carbocycles. The summed E-state index contributed by atoms with van der Waals surface area (Å²) in [6, 6.07) is 10.1. The number of aliphatic hydroxyl groups is 1. The molecule has 2 nitrogen and oxygen atoms in total. The molecule has 0 atom stereocenters. The van der Waals surface area contributed by atoms with Crippen molar-refractivity contribution in [1.29, 1.82) is 0 Å². The summed E-state index contributed by atoms with van der Waals surface area (Å²) in [5.74, 6) is 0.301. The topological polar surface area (TPSA) is 32.6 Å². The van der Waals surface area contributed by atoms with Gasteiger partial charge in [-0.15, -0.1) is 0 Å². The van der Waals surface area contributed by atoms with Gasteiger partial charge in [0.05, 0.1) is 0 Å². The van der Waals surface area contributed by atoms with Gasteiger partial charge < -0.3 is 0 Å². The number of aliphatic hydroxyl groups excluding tert-OH is 1. The molecule has 0 fully saturated rings. The zero-order valence-corrected chi connectivity index (χ0v) is 9.84. The van der Waals surface area contributed by atoms with E-state index in [1.165, 1.54) is 4.46 Å². The number of benzene rings is 1. The first kappa shape index (κ1) is 10.2. The Morgan fingerprint density at radius 1 is 1.20 bits per heavy atom. The first-order chi connectivity index (χ1) is 7.36. The van der Waals surface area contributed by atoms with E-state index in [9.17, 15) is 5.11 Å². The summed E-state index contributed by atoms with van der Waals surface area (Å²) in [7, 11) is 0. The predicted octanol–water partition coefficient (Wildman–Crippen LogP) is 1.77. The van der Waals surface area contributed by atoms with Crippen molar-refractivity contribution in [2.45, 2.75) is 6.42 Å². The first-order valence-electron chi connectivity index (χ1n) is 4.72. The third-order valence-corrected chi connectivity index (χ3v) is 3.60. The van der Waals surface area contributed by atoms with E-state index in [1.54, 1.807) is 6.08 Å². The SMILES string of the molecule is OC1=CCC=C/C1=N\[Se]c1ccccc1. The van der Waals surface area contributed by atoms with Gasteiger partial charge in [0.25, 0.3) is 0 Å². The van der Waals surface area contributed by atoms with Crippen LogP contribution in [0.2, 0.25) is 0 Å². The number of rotatable bonds is 2. The van der Waals surface area contributed by atoms with E-state index in [0.717, 1.165) is 6.42 Å². The van der Waals surface area contributed by atoms with Gasteiger partial charge in [0.1, 0.15) is 0 Å². The molecule has 1 aromatic carbocycles. The summed E-state index contributed by atoms with van der Waals surface area (Å²) in [6.45, 7) is 0. The number of nitrogens with zero attached hydrogens (tertiary/aromatic N) is 1. The molecule has 0 amide bonds. The summed E-state index contributed by atoms with van der Waals surface area (Å²) >= 11 is 0.0418. The van der Waals surface area contributed by atoms with Gasteiger partial charge >= 0.3 is 95.2 Å². The molecule has 0 heterocycles. The molecule has 1 N–H and O–H groups in total. The van der Waals surface area contributed by atoms with Crippen LogP contribution < -0.4 is 4.46 Å². The van der Waals surface area contributed by atoms with Crippen LogP contribution in [0.4, 0.5) is 0 Å². The second-order valence-electron chi connectivity index (χ2n) is 3.11. The van der Waals surface area contributed by atoms with Crippen molar-refractivity contribution in [3.63, 3.8) is 0 Å². The molecule has 0 bridgehead atoms. The van der Waals surface area contributed by atoms with E-state index in [4.69, 9.17) is 0 Å². The van der Waals surface area contributed by atoms with Crippen LogP contribution in [-0.2, 0) is 0 Å². The maximum atomic E-state index is 9.54. The van der Waals surface area contributed by atoms with Gasteiger partial charge in [-0.25, -0.2) is 0 Å². The summed E-state index contributed by atoms with van der Waals surface area (Å²) in [4.78, 5) is 0. The predicted molar refractivity (Wildman–Crippen MR) is 63.7 cm³/mol. The molecule has 2 rings (SSSR count). The zero-order valence-electron chi connectivity index (χ0n) is 8.13. The van der Waals surface area contributed by atoms with Gasteiger partial charge in [0.15, 0.2) is 0 Å². The van der Waals surface area contributed by atoms with Gasteiger partial charge in [0.2, 0.25) is 0 Å². The fourth-order valence-corrected chi connectivity index (χ4v) is 2.55. The number of allylic oxidation sites excluding steroid dienone is 3. The summed E-state index contributed by atoms with van der Waals surface area (Å²) in [5.41, 5.74) is 0.699. The van der Waals surface area contributed by atoms with Gasteiger partial charge in [0, 0.05) is 0 Å². The van der Waals surface area contributed by atoms with Crippen molar-refractivity contribution < 1.29 is 5.11 Å². The Morgan fingerprint density at radius 3 is 2.73 bits per heavy atom. The third kappa shape index (κ3) is 2.82. The van der Waals surface area contributed by atoms with E-state index >= 15 is 0 Å². The van der Waals surface area contributed by atoms with E-state index in [0.29, 0.717) is 11.5 Å². The average Bonchev–Trinajstić information content (AvgIpc) is 2.29. The van der Waals surface area contributed by atoms with Crippen LogP contribution in [0.25, 0.3) is 0 Å². The molecule has 0 radical (unpaired) electrons. The van der Waals surface area contributed by atoms with E-state index in [1.807, 2.05) is 30.4 Å². The van der Waals surface area contributed by atoms with Crippen LogP contribution in [0.5, 0.6) is 0 Å². The summed E-state index contributed by atoms with van der Waals surface area (Å²) in [5, 5.41) is 9.54. The van der Waals surface area contributed by atoms with Crippen LogP contribution in [0.15, 0.2) is 58.3 Å². The quantitative estimate of drug-likeness (QED) is 0.811. The Kier molecular flexibility index (Phi) is 3.38. The van der Waals surface area contributed by atoms with Crippen molar-refractivity contribution in [2.75, 3.05) is 0 Å². The molecule has 0 aliphatic heterocycles. The second-order valence-corrected chi connectivity index (χ2v) is 4.86. The Morgan fingerprint density at radius 2 is 2.00 bits per heavy atom. The Labute approximate surface area is 95.4 Å². The minimum atomic E-state index is 0.0418. The number of hydrogen-bond acceptors (Lipinski definition) is 2. The molecular weight excluding hydrogens is 253 g/mol. The Balaban J connectivity index is 2.09. The van der Waals surface area contributed by atoms with Crippen molar-refractivity contribution in [1.82, 2.24) is 0 Å².